The van der Waals surface area contributed by atoms with Gasteiger partial charge in [-0.15, -0.1) is 0 Å². The molecule has 0 aliphatic heterocycles. The smallest absolute Gasteiger partial charge is 0.335 e. The van der Waals surface area contributed by atoms with Crippen molar-refractivity contribution in [2.24, 2.45) is 0 Å². The van der Waals surface area contributed by atoms with Gasteiger partial charge in [-0.1, -0.05) is 99.7 Å². The molecule has 0 aromatic heterocycles. The van der Waals surface area contributed by atoms with Crippen LogP contribution in [0.1, 0.15) is 55.8 Å². The molecule has 0 saturated heterocycles. The standard InChI is InChI=1S/C21H26O3.C6H6/c1-2-3-4-5-6-7-16-24-20-14-12-18(13-15-20)17-8-10-19(11-9-17)21(22)23;1-2-4-6-5-3-1/h8-15H,2-7,16H2,1H3,(H,22,23);1-6H. The molecule has 0 fully saturated rings. The average molecular weight is 405 g/mol. The van der Waals surface area contributed by atoms with E-state index in [1.807, 2.05) is 72.8 Å². The third kappa shape index (κ3) is 8.95. The summed E-state index contributed by atoms with van der Waals surface area (Å²) < 4.78 is 5.78. The van der Waals surface area contributed by atoms with Crippen molar-refractivity contribution in [3.63, 3.8) is 0 Å². The van der Waals surface area contributed by atoms with Crippen molar-refractivity contribution in [1.82, 2.24) is 0 Å². The number of carboxylic acid groups (broad SMARTS) is 1. The van der Waals surface area contributed by atoms with Crippen LogP contribution in [0.4, 0.5) is 0 Å². The lowest BCUT2D eigenvalue weighted by molar-refractivity contribution is 0.0697. The molecule has 1 N–H and O–H groups in total. The lowest BCUT2D eigenvalue weighted by atomic mass is 10.0. The van der Waals surface area contributed by atoms with Gasteiger partial charge in [0.1, 0.15) is 5.75 Å². The molecule has 3 rings (SSSR count). The van der Waals surface area contributed by atoms with Crippen LogP contribution in [-0.2, 0) is 0 Å². The first-order chi connectivity index (χ1) is 14.7. The van der Waals surface area contributed by atoms with Gasteiger partial charge in [0, 0.05) is 0 Å². The van der Waals surface area contributed by atoms with Gasteiger partial charge in [-0.3, -0.25) is 0 Å². The summed E-state index contributed by atoms with van der Waals surface area (Å²) in [6.45, 7) is 2.99. The maximum absolute atomic E-state index is 10.9. The highest BCUT2D eigenvalue weighted by molar-refractivity contribution is 5.88. The molecule has 0 aliphatic carbocycles. The van der Waals surface area contributed by atoms with Gasteiger partial charge in [0.2, 0.25) is 0 Å². The monoisotopic (exact) mass is 404 g/mol. The van der Waals surface area contributed by atoms with E-state index in [-0.39, 0.29) is 0 Å². The number of carbonyl (C=O) groups is 1. The molecule has 3 nitrogen and oxygen atoms in total. The lowest BCUT2D eigenvalue weighted by Gasteiger charge is -2.08. The summed E-state index contributed by atoms with van der Waals surface area (Å²) >= 11 is 0. The highest BCUT2D eigenvalue weighted by Gasteiger charge is 2.03. The molecule has 0 bridgehead atoms. The van der Waals surface area contributed by atoms with Gasteiger partial charge < -0.3 is 9.84 Å². The second kappa shape index (κ2) is 14.0. The van der Waals surface area contributed by atoms with Gasteiger partial charge >= 0.3 is 5.97 Å². The number of hydrogen-bond donors (Lipinski definition) is 1. The third-order valence-corrected chi connectivity index (χ3v) is 4.75. The molecule has 0 aliphatic rings. The van der Waals surface area contributed by atoms with E-state index in [2.05, 4.69) is 6.92 Å². The van der Waals surface area contributed by atoms with E-state index in [1.165, 1.54) is 32.1 Å². The molecule has 0 unspecified atom stereocenters. The Morgan fingerprint density at radius 2 is 1.17 bits per heavy atom. The fourth-order valence-electron chi connectivity index (χ4n) is 3.01. The van der Waals surface area contributed by atoms with Crippen molar-refractivity contribution in [1.29, 1.82) is 0 Å². The minimum atomic E-state index is -0.903. The van der Waals surface area contributed by atoms with Gasteiger partial charge in [0.05, 0.1) is 12.2 Å². The first kappa shape index (κ1) is 23.2. The summed E-state index contributed by atoms with van der Waals surface area (Å²) in [5.74, 6) is -0.0190. The summed E-state index contributed by atoms with van der Waals surface area (Å²) in [5, 5.41) is 8.93. The zero-order chi connectivity index (χ0) is 21.4. The number of carboxylic acids is 1. The predicted octanol–water partition coefficient (Wildman–Crippen LogP) is 7.48. The molecule has 30 heavy (non-hydrogen) atoms. The average Bonchev–Trinajstić information content (AvgIpc) is 2.80. The Morgan fingerprint density at radius 1 is 0.700 bits per heavy atom. The van der Waals surface area contributed by atoms with Gasteiger partial charge in [-0.2, -0.15) is 0 Å². The number of ether oxygens (including phenoxy) is 1. The minimum absolute atomic E-state index is 0.303. The van der Waals surface area contributed by atoms with E-state index in [0.29, 0.717) is 5.56 Å². The highest BCUT2D eigenvalue weighted by Crippen LogP contribution is 2.23. The SMILES string of the molecule is CCCCCCCCOc1ccc(-c2ccc(C(=O)O)cc2)cc1.c1ccccc1. The van der Waals surface area contributed by atoms with Crippen LogP contribution in [0, 0.1) is 0 Å². The third-order valence-electron chi connectivity index (χ3n) is 4.75. The van der Waals surface area contributed by atoms with Crippen molar-refractivity contribution in [3.05, 3.63) is 90.5 Å². The molecular formula is C27H32O3. The Hall–Kier alpha value is -3.07. The van der Waals surface area contributed by atoms with Gasteiger partial charge in [0.25, 0.3) is 0 Å². The molecule has 0 atom stereocenters. The van der Waals surface area contributed by atoms with Crippen LogP contribution >= 0.6 is 0 Å². The molecule has 3 aromatic rings. The van der Waals surface area contributed by atoms with Crippen LogP contribution in [0.5, 0.6) is 5.75 Å². The molecule has 158 valence electrons. The van der Waals surface area contributed by atoms with E-state index in [9.17, 15) is 4.79 Å². The highest BCUT2D eigenvalue weighted by atomic mass is 16.5. The topological polar surface area (TPSA) is 46.5 Å². The second-order valence-corrected chi connectivity index (χ2v) is 7.18. The Labute approximate surface area is 180 Å². The van der Waals surface area contributed by atoms with E-state index >= 15 is 0 Å². The summed E-state index contributed by atoms with van der Waals surface area (Å²) in [4.78, 5) is 10.9. The minimum Gasteiger partial charge on any atom is -0.494 e. The maximum Gasteiger partial charge on any atom is 0.335 e. The van der Waals surface area contributed by atoms with Crippen molar-refractivity contribution in [2.45, 2.75) is 45.4 Å². The number of rotatable bonds is 10. The van der Waals surface area contributed by atoms with Crippen LogP contribution in [0.3, 0.4) is 0 Å². The summed E-state index contributed by atoms with van der Waals surface area (Å²) in [6, 6.07) is 26.9. The van der Waals surface area contributed by atoms with Gasteiger partial charge in [-0.05, 0) is 41.8 Å². The van der Waals surface area contributed by atoms with Crippen molar-refractivity contribution in [3.8, 4) is 16.9 Å². The van der Waals surface area contributed by atoms with Gasteiger partial charge in [-0.25, -0.2) is 4.79 Å². The van der Waals surface area contributed by atoms with E-state index in [4.69, 9.17) is 9.84 Å². The molecule has 0 spiro atoms. The first-order valence-corrected chi connectivity index (χ1v) is 10.8. The Kier molecular flexibility index (Phi) is 10.8. The summed E-state index contributed by atoms with van der Waals surface area (Å²) in [5.41, 5.74) is 2.36. The predicted molar refractivity (Wildman–Crippen MR) is 124 cm³/mol. The van der Waals surface area contributed by atoms with Crippen molar-refractivity contribution >= 4 is 5.97 Å². The molecule has 0 heterocycles. The maximum atomic E-state index is 10.9. The Bertz CT molecular complexity index is 798. The van der Waals surface area contributed by atoms with Crippen LogP contribution < -0.4 is 4.74 Å². The molecule has 3 heteroatoms. The summed E-state index contributed by atoms with van der Waals surface area (Å²) in [7, 11) is 0. The Balaban J connectivity index is 0.000000456. The Morgan fingerprint density at radius 3 is 1.67 bits per heavy atom. The van der Waals surface area contributed by atoms with E-state index < -0.39 is 5.97 Å². The summed E-state index contributed by atoms with van der Waals surface area (Å²) in [6.07, 6.45) is 7.56. The molecule has 0 radical (unpaired) electrons. The fraction of sp³-hybridized carbons (Fsp3) is 0.296. The normalized spacial score (nSPS) is 10.0. The quantitative estimate of drug-likeness (QED) is 0.356. The molecule has 0 amide bonds. The zero-order valence-corrected chi connectivity index (χ0v) is 17.8. The van der Waals surface area contributed by atoms with Crippen molar-refractivity contribution in [2.75, 3.05) is 6.61 Å². The second-order valence-electron chi connectivity index (χ2n) is 7.18. The van der Waals surface area contributed by atoms with Crippen molar-refractivity contribution < 1.29 is 14.6 Å². The largest absolute Gasteiger partial charge is 0.494 e. The van der Waals surface area contributed by atoms with Crippen LogP contribution in [0.15, 0.2) is 84.9 Å². The fourth-order valence-corrected chi connectivity index (χ4v) is 3.01. The molecule has 3 aromatic carbocycles. The van der Waals surface area contributed by atoms with Crippen LogP contribution in [-0.4, -0.2) is 17.7 Å². The van der Waals surface area contributed by atoms with E-state index in [0.717, 1.165) is 29.9 Å². The number of hydrogen-bond acceptors (Lipinski definition) is 2. The number of aromatic carboxylic acids is 1. The molecular weight excluding hydrogens is 372 g/mol. The first-order valence-electron chi connectivity index (χ1n) is 10.8. The molecule has 0 saturated carbocycles. The zero-order valence-electron chi connectivity index (χ0n) is 17.8. The lowest BCUT2D eigenvalue weighted by Crippen LogP contribution is -1.97. The number of benzene rings is 3. The van der Waals surface area contributed by atoms with Crippen LogP contribution in [0.2, 0.25) is 0 Å². The van der Waals surface area contributed by atoms with Gasteiger partial charge in [0.15, 0.2) is 0 Å². The van der Waals surface area contributed by atoms with Crippen LogP contribution in [0.25, 0.3) is 11.1 Å². The number of unbranched alkanes of at least 4 members (excludes halogenated alkanes) is 5. The van der Waals surface area contributed by atoms with E-state index in [1.54, 1.807) is 12.1 Å².